The molecule has 124 valence electrons. The molecular formula is C18H14N4O3. The van der Waals surface area contributed by atoms with Gasteiger partial charge in [-0.05, 0) is 55.0 Å². The minimum absolute atomic E-state index is 0.00441. The Hall–Kier alpha value is -3.61. The third-order valence-corrected chi connectivity index (χ3v) is 3.47. The Bertz CT molecular complexity index is 981. The number of carbonyl (C=O) groups is 1. The van der Waals surface area contributed by atoms with Crippen LogP contribution in [0.15, 0.2) is 54.6 Å². The number of benzene rings is 1. The highest BCUT2D eigenvalue weighted by molar-refractivity contribution is 6.01. The van der Waals surface area contributed by atoms with Gasteiger partial charge < -0.3 is 5.32 Å². The molecular weight excluding hydrogens is 320 g/mol. The van der Waals surface area contributed by atoms with Gasteiger partial charge in [0.2, 0.25) is 5.91 Å². The second-order valence-electron chi connectivity index (χ2n) is 5.37. The predicted molar refractivity (Wildman–Crippen MR) is 95.0 cm³/mol. The first-order valence-electron chi connectivity index (χ1n) is 7.49. The fourth-order valence-corrected chi connectivity index (χ4v) is 2.21. The highest BCUT2D eigenvalue weighted by atomic mass is 16.6. The number of hydrogen-bond acceptors (Lipinski definition) is 5. The number of carbonyl (C=O) groups excluding carboxylic acids is 1. The number of nitrogens with zero attached hydrogens (tertiary/aromatic N) is 3. The molecule has 1 aromatic carbocycles. The molecule has 7 nitrogen and oxygen atoms in total. The van der Waals surface area contributed by atoms with Gasteiger partial charge in [-0.3, -0.25) is 14.9 Å². The number of hydrogen-bond donors (Lipinski definition) is 1. The molecule has 1 amide bonds. The van der Waals surface area contributed by atoms with E-state index in [1.807, 2.05) is 25.1 Å². The molecule has 7 heteroatoms. The van der Waals surface area contributed by atoms with Crippen molar-refractivity contribution in [1.82, 2.24) is 9.97 Å². The molecule has 0 radical (unpaired) electrons. The van der Waals surface area contributed by atoms with Crippen molar-refractivity contribution in [3.8, 4) is 0 Å². The maximum Gasteiger partial charge on any atom is 0.269 e. The lowest BCUT2D eigenvalue weighted by atomic mass is 10.2. The second-order valence-corrected chi connectivity index (χ2v) is 5.37. The molecule has 0 saturated carbocycles. The van der Waals surface area contributed by atoms with Crippen LogP contribution in [-0.2, 0) is 4.79 Å². The predicted octanol–water partition coefficient (Wildman–Crippen LogP) is 3.50. The SMILES string of the molecule is Cc1ccc2ccc(NC(=O)/C=C/c3ccc([N+](=O)[O-])cc3)nc2n1. The number of aromatic nitrogens is 2. The van der Waals surface area contributed by atoms with Crippen LogP contribution in [0.1, 0.15) is 11.3 Å². The number of fused-ring (bicyclic) bond motifs is 1. The summed E-state index contributed by atoms with van der Waals surface area (Å²) in [5.41, 5.74) is 2.10. The van der Waals surface area contributed by atoms with Crippen molar-refractivity contribution in [2.75, 3.05) is 5.32 Å². The third-order valence-electron chi connectivity index (χ3n) is 3.47. The zero-order chi connectivity index (χ0) is 17.8. The summed E-state index contributed by atoms with van der Waals surface area (Å²) in [5.74, 6) is 0.0572. The average molecular weight is 334 g/mol. The second kappa shape index (κ2) is 6.88. The lowest BCUT2D eigenvalue weighted by molar-refractivity contribution is -0.384. The summed E-state index contributed by atoms with van der Waals surface area (Å²) in [4.78, 5) is 30.8. The first-order valence-corrected chi connectivity index (χ1v) is 7.49. The summed E-state index contributed by atoms with van der Waals surface area (Å²) in [6.45, 7) is 1.87. The van der Waals surface area contributed by atoms with Crippen molar-refractivity contribution in [2.24, 2.45) is 0 Å². The molecule has 3 aromatic rings. The Balaban J connectivity index is 1.70. The van der Waals surface area contributed by atoms with Crippen molar-refractivity contribution in [1.29, 1.82) is 0 Å². The van der Waals surface area contributed by atoms with Gasteiger partial charge in [0, 0.05) is 29.3 Å². The van der Waals surface area contributed by atoms with E-state index in [1.54, 1.807) is 24.3 Å². The van der Waals surface area contributed by atoms with Gasteiger partial charge in [-0.25, -0.2) is 9.97 Å². The van der Waals surface area contributed by atoms with Crippen LogP contribution in [0.25, 0.3) is 17.1 Å². The molecule has 2 aromatic heterocycles. The molecule has 0 aliphatic heterocycles. The highest BCUT2D eigenvalue weighted by Gasteiger charge is 2.04. The number of nitro groups is 1. The molecule has 0 aliphatic rings. The van der Waals surface area contributed by atoms with Gasteiger partial charge in [-0.15, -0.1) is 0 Å². The lowest BCUT2D eigenvalue weighted by Gasteiger charge is -2.03. The molecule has 3 rings (SSSR count). The molecule has 2 heterocycles. The fraction of sp³-hybridized carbons (Fsp3) is 0.0556. The van der Waals surface area contributed by atoms with Gasteiger partial charge in [-0.2, -0.15) is 0 Å². The van der Waals surface area contributed by atoms with Crippen molar-refractivity contribution in [3.63, 3.8) is 0 Å². The number of nitro benzene ring substituents is 1. The Morgan fingerprint density at radius 3 is 2.52 bits per heavy atom. The monoisotopic (exact) mass is 334 g/mol. The van der Waals surface area contributed by atoms with E-state index >= 15 is 0 Å². The maximum absolute atomic E-state index is 12.0. The summed E-state index contributed by atoms with van der Waals surface area (Å²) < 4.78 is 0. The summed E-state index contributed by atoms with van der Waals surface area (Å²) in [5, 5.41) is 14.2. The van der Waals surface area contributed by atoms with Crippen LogP contribution in [0.4, 0.5) is 11.5 Å². The van der Waals surface area contributed by atoms with Crippen LogP contribution in [0.3, 0.4) is 0 Å². The number of non-ortho nitro benzene ring substituents is 1. The summed E-state index contributed by atoms with van der Waals surface area (Å²) >= 11 is 0. The Labute approximate surface area is 143 Å². The van der Waals surface area contributed by atoms with Crippen LogP contribution in [0.5, 0.6) is 0 Å². The van der Waals surface area contributed by atoms with Crippen molar-refractivity contribution < 1.29 is 9.72 Å². The van der Waals surface area contributed by atoms with Crippen LogP contribution < -0.4 is 5.32 Å². The van der Waals surface area contributed by atoms with Crippen molar-refractivity contribution >= 4 is 34.5 Å². The third kappa shape index (κ3) is 4.03. The van der Waals surface area contributed by atoms with Crippen LogP contribution >= 0.6 is 0 Å². The van der Waals surface area contributed by atoms with Crippen LogP contribution in [-0.4, -0.2) is 20.8 Å². The smallest absolute Gasteiger partial charge is 0.269 e. The topological polar surface area (TPSA) is 98.0 Å². The molecule has 0 spiro atoms. The molecule has 0 aliphatic carbocycles. The molecule has 0 fully saturated rings. The molecule has 0 saturated heterocycles. The normalized spacial score (nSPS) is 10.9. The van der Waals surface area contributed by atoms with E-state index < -0.39 is 4.92 Å². The standard InChI is InChI=1S/C18H14N4O3/c1-12-2-6-14-7-10-16(21-18(14)19-12)20-17(23)11-5-13-3-8-15(9-4-13)22(24)25/h2-11H,1H3,(H,19,20,21,23)/b11-5+. The first-order chi connectivity index (χ1) is 12.0. The van der Waals surface area contributed by atoms with E-state index in [1.165, 1.54) is 18.2 Å². The molecule has 0 atom stereocenters. The summed E-state index contributed by atoms with van der Waals surface area (Å²) in [6.07, 6.45) is 2.92. The van der Waals surface area contributed by atoms with Gasteiger partial charge in [0.15, 0.2) is 5.65 Å². The Morgan fingerprint density at radius 2 is 1.80 bits per heavy atom. The minimum atomic E-state index is -0.471. The quantitative estimate of drug-likeness (QED) is 0.447. The van der Waals surface area contributed by atoms with E-state index in [0.29, 0.717) is 17.0 Å². The fourth-order valence-electron chi connectivity index (χ4n) is 2.21. The average Bonchev–Trinajstić information content (AvgIpc) is 2.60. The van der Waals surface area contributed by atoms with E-state index in [9.17, 15) is 14.9 Å². The van der Waals surface area contributed by atoms with Crippen molar-refractivity contribution in [3.05, 3.63) is 76.0 Å². The van der Waals surface area contributed by atoms with Crippen molar-refractivity contribution in [2.45, 2.75) is 6.92 Å². The van der Waals surface area contributed by atoms with Gasteiger partial charge in [-0.1, -0.05) is 0 Å². The van der Waals surface area contributed by atoms with E-state index in [0.717, 1.165) is 11.1 Å². The number of nitrogens with one attached hydrogen (secondary N) is 1. The zero-order valence-corrected chi connectivity index (χ0v) is 13.3. The minimum Gasteiger partial charge on any atom is -0.307 e. The van der Waals surface area contributed by atoms with Gasteiger partial charge >= 0.3 is 0 Å². The number of amides is 1. The Kier molecular flexibility index (Phi) is 4.47. The number of rotatable bonds is 4. The van der Waals surface area contributed by atoms with E-state index in [-0.39, 0.29) is 11.6 Å². The zero-order valence-electron chi connectivity index (χ0n) is 13.3. The molecule has 25 heavy (non-hydrogen) atoms. The summed E-state index contributed by atoms with van der Waals surface area (Å²) in [6, 6.07) is 13.3. The molecule has 0 bridgehead atoms. The summed E-state index contributed by atoms with van der Waals surface area (Å²) in [7, 11) is 0. The molecule has 0 unspecified atom stereocenters. The van der Waals surface area contributed by atoms with Crippen LogP contribution in [0.2, 0.25) is 0 Å². The lowest BCUT2D eigenvalue weighted by Crippen LogP contribution is -2.09. The Morgan fingerprint density at radius 1 is 1.08 bits per heavy atom. The van der Waals surface area contributed by atoms with Gasteiger partial charge in [0.05, 0.1) is 4.92 Å². The molecule has 1 N–H and O–H groups in total. The van der Waals surface area contributed by atoms with E-state index in [2.05, 4.69) is 15.3 Å². The van der Waals surface area contributed by atoms with Gasteiger partial charge in [0.1, 0.15) is 5.82 Å². The number of aryl methyl sites for hydroxylation is 1. The maximum atomic E-state index is 12.0. The largest absolute Gasteiger partial charge is 0.307 e. The van der Waals surface area contributed by atoms with Crippen LogP contribution in [0, 0.1) is 17.0 Å². The first kappa shape index (κ1) is 16.3. The number of pyridine rings is 2. The number of anilines is 1. The van der Waals surface area contributed by atoms with E-state index in [4.69, 9.17) is 0 Å². The van der Waals surface area contributed by atoms with Gasteiger partial charge in [0.25, 0.3) is 5.69 Å². The highest BCUT2D eigenvalue weighted by Crippen LogP contribution is 2.15.